The average molecular weight is 256 g/mol. The fraction of sp³-hybridized carbons (Fsp3) is 0.438. The van der Waals surface area contributed by atoms with Crippen molar-refractivity contribution in [2.75, 3.05) is 13.6 Å². The molecule has 0 radical (unpaired) electrons. The van der Waals surface area contributed by atoms with Crippen molar-refractivity contribution in [3.63, 3.8) is 0 Å². The zero-order valence-corrected chi connectivity index (χ0v) is 11.5. The Kier molecular flexibility index (Phi) is 3.03. The van der Waals surface area contributed by atoms with E-state index in [1.54, 1.807) is 6.20 Å². The highest BCUT2D eigenvalue weighted by Crippen LogP contribution is 2.38. The van der Waals surface area contributed by atoms with E-state index in [2.05, 4.69) is 29.9 Å². The second-order valence-electron chi connectivity index (χ2n) is 5.72. The largest absolute Gasteiger partial charge is 0.385 e. The van der Waals surface area contributed by atoms with Crippen LogP contribution >= 0.6 is 0 Å². The van der Waals surface area contributed by atoms with Crippen molar-refractivity contribution in [2.24, 2.45) is 0 Å². The lowest BCUT2D eigenvalue weighted by Gasteiger charge is -2.41. The summed E-state index contributed by atoms with van der Waals surface area (Å²) in [5.41, 5.74) is 0.298. The van der Waals surface area contributed by atoms with Crippen LogP contribution in [0.15, 0.2) is 36.7 Å². The van der Waals surface area contributed by atoms with Crippen LogP contribution in [0.2, 0.25) is 0 Å². The van der Waals surface area contributed by atoms with Crippen molar-refractivity contribution in [1.29, 1.82) is 0 Å². The van der Waals surface area contributed by atoms with Crippen LogP contribution in [0.3, 0.4) is 0 Å². The van der Waals surface area contributed by atoms with E-state index in [9.17, 15) is 5.11 Å². The quantitative estimate of drug-likeness (QED) is 0.852. The summed E-state index contributed by atoms with van der Waals surface area (Å²) >= 11 is 0. The summed E-state index contributed by atoms with van der Waals surface area (Å²) in [5.74, 6) is 0. The molecule has 0 spiro atoms. The molecule has 0 bridgehead atoms. The topological polar surface area (TPSA) is 36.4 Å². The molecule has 1 aliphatic heterocycles. The second kappa shape index (κ2) is 4.58. The highest BCUT2D eigenvalue weighted by Gasteiger charge is 2.37. The fourth-order valence-electron chi connectivity index (χ4n) is 3.09. The van der Waals surface area contributed by atoms with Crippen molar-refractivity contribution in [1.82, 2.24) is 9.88 Å². The third-order valence-corrected chi connectivity index (χ3v) is 4.45. The first kappa shape index (κ1) is 12.6. The maximum absolute atomic E-state index is 11.1. The maximum Gasteiger partial charge on any atom is 0.0930 e. The number of fused-ring (bicyclic) bond motifs is 1. The first-order chi connectivity index (χ1) is 9.10. The predicted molar refractivity (Wildman–Crippen MR) is 77.0 cm³/mol. The molecule has 1 saturated heterocycles. The van der Waals surface area contributed by atoms with Gasteiger partial charge in [0, 0.05) is 30.4 Å². The average Bonchev–Trinajstić information content (AvgIpc) is 2.43. The Morgan fingerprint density at radius 2 is 2.21 bits per heavy atom. The summed E-state index contributed by atoms with van der Waals surface area (Å²) in [6.45, 7) is 3.10. The van der Waals surface area contributed by atoms with E-state index in [4.69, 9.17) is 0 Å². The van der Waals surface area contributed by atoms with E-state index in [1.807, 2.05) is 24.4 Å². The number of aliphatic hydroxyl groups is 1. The zero-order chi connectivity index (χ0) is 13.5. The van der Waals surface area contributed by atoms with Crippen LogP contribution in [-0.2, 0) is 5.60 Å². The van der Waals surface area contributed by atoms with Crippen LogP contribution < -0.4 is 0 Å². The number of piperidine rings is 1. The third-order valence-electron chi connectivity index (χ3n) is 4.45. The molecule has 2 heterocycles. The van der Waals surface area contributed by atoms with Gasteiger partial charge >= 0.3 is 0 Å². The van der Waals surface area contributed by atoms with Gasteiger partial charge in [-0.25, -0.2) is 0 Å². The van der Waals surface area contributed by atoms with Crippen molar-refractivity contribution in [3.8, 4) is 0 Å². The van der Waals surface area contributed by atoms with Crippen LogP contribution in [0.5, 0.6) is 0 Å². The summed E-state index contributed by atoms with van der Waals surface area (Å²) < 4.78 is 0. The smallest absolute Gasteiger partial charge is 0.0930 e. The molecule has 19 heavy (non-hydrogen) atoms. The van der Waals surface area contributed by atoms with Gasteiger partial charge in [-0.15, -0.1) is 0 Å². The molecular formula is C16H20N2O. The molecule has 2 atom stereocenters. The standard InChI is InChI=1S/C16H20N2O/c1-12-10-16(19,7-9-18(12)2)15-5-3-4-13-6-8-17-11-14(13)15/h3-6,8,11-12,19H,7,9-10H2,1-2H3. The van der Waals surface area contributed by atoms with Gasteiger partial charge in [-0.2, -0.15) is 0 Å². The lowest BCUT2D eigenvalue weighted by Crippen LogP contribution is -2.46. The fourth-order valence-corrected chi connectivity index (χ4v) is 3.09. The van der Waals surface area contributed by atoms with Gasteiger partial charge in [0.2, 0.25) is 0 Å². The molecule has 0 aliphatic carbocycles. The van der Waals surface area contributed by atoms with Gasteiger partial charge in [0.25, 0.3) is 0 Å². The highest BCUT2D eigenvalue weighted by molar-refractivity contribution is 5.85. The molecule has 1 N–H and O–H groups in total. The van der Waals surface area contributed by atoms with Gasteiger partial charge in [-0.3, -0.25) is 4.98 Å². The van der Waals surface area contributed by atoms with E-state index >= 15 is 0 Å². The molecule has 0 amide bonds. The van der Waals surface area contributed by atoms with Crippen molar-refractivity contribution >= 4 is 10.8 Å². The Balaban J connectivity index is 2.09. The van der Waals surface area contributed by atoms with Gasteiger partial charge < -0.3 is 10.0 Å². The molecule has 1 aliphatic rings. The summed E-state index contributed by atoms with van der Waals surface area (Å²) in [6, 6.07) is 8.54. The normalized spacial score (nSPS) is 28.7. The van der Waals surface area contributed by atoms with Gasteiger partial charge in [0.15, 0.2) is 0 Å². The van der Waals surface area contributed by atoms with Gasteiger partial charge in [0.1, 0.15) is 0 Å². The Morgan fingerprint density at radius 3 is 3.00 bits per heavy atom. The Bertz CT molecular complexity index is 593. The molecule has 1 fully saturated rings. The Labute approximate surface area is 113 Å². The van der Waals surface area contributed by atoms with E-state index < -0.39 is 5.60 Å². The molecule has 1 aromatic heterocycles. The summed E-state index contributed by atoms with van der Waals surface area (Å²) in [5, 5.41) is 13.3. The number of likely N-dealkylation sites (tertiary alicyclic amines) is 1. The van der Waals surface area contributed by atoms with Crippen molar-refractivity contribution in [2.45, 2.75) is 31.4 Å². The van der Waals surface area contributed by atoms with Crippen molar-refractivity contribution in [3.05, 3.63) is 42.2 Å². The number of pyridine rings is 1. The van der Waals surface area contributed by atoms with Crippen LogP contribution in [0, 0.1) is 0 Å². The highest BCUT2D eigenvalue weighted by atomic mass is 16.3. The molecule has 3 rings (SSSR count). The second-order valence-corrected chi connectivity index (χ2v) is 5.72. The van der Waals surface area contributed by atoms with Crippen LogP contribution in [0.1, 0.15) is 25.3 Å². The predicted octanol–water partition coefficient (Wildman–Crippen LogP) is 2.54. The molecule has 1 aromatic carbocycles. The summed E-state index contributed by atoms with van der Waals surface area (Å²) in [4.78, 5) is 6.52. The number of aromatic nitrogens is 1. The summed E-state index contributed by atoms with van der Waals surface area (Å²) in [7, 11) is 2.12. The molecule has 3 heteroatoms. The first-order valence-corrected chi connectivity index (χ1v) is 6.86. The lowest BCUT2D eigenvalue weighted by atomic mass is 9.80. The van der Waals surface area contributed by atoms with E-state index in [0.29, 0.717) is 6.04 Å². The molecule has 100 valence electrons. The SMILES string of the molecule is CC1CC(O)(c2cccc3ccncc23)CCN1C. The third kappa shape index (κ3) is 2.13. The minimum absolute atomic E-state index is 0.394. The maximum atomic E-state index is 11.1. The lowest BCUT2D eigenvalue weighted by molar-refractivity contribution is -0.0397. The number of nitrogens with zero attached hydrogens (tertiary/aromatic N) is 2. The minimum Gasteiger partial charge on any atom is -0.385 e. The molecular weight excluding hydrogens is 236 g/mol. The monoisotopic (exact) mass is 256 g/mol. The van der Waals surface area contributed by atoms with Crippen LogP contribution in [-0.4, -0.2) is 34.6 Å². The van der Waals surface area contributed by atoms with E-state index in [0.717, 1.165) is 35.7 Å². The molecule has 0 saturated carbocycles. The van der Waals surface area contributed by atoms with Crippen LogP contribution in [0.25, 0.3) is 10.8 Å². The van der Waals surface area contributed by atoms with Gasteiger partial charge in [0.05, 0.1) is 5.60 Å². The number of benzene rings is 1. The first-order valence-electron chi connectivity index (χ1n) is 6.86. The minimum atomic E-state index is -0.728. The zero-order valence-electron chi connectivity index (χ0n) is 11.5. The Morgan fingerprint density at radius 1 is 1.37 bits per heavy atom. The molecule has 2 unspecified atom stereocenters. The van der Waals surface area contributed by atoms with Gasteiger partial charge in [-0.1, -0.05) is 18.2 Å². The number of hydrogen-bond donors (Lipinski definition) is 1. The Hall–Kier alpha value is -1.45. The van der Waals surface area contributed by atoms with Gasteiger partial charge in [-0.05, 0) is 43.8 Å². The molecule has 3 nitrogen and oxygen atoms in total. The number of rotatable bonds is 1. The van der Waals surface area contributed by atoms with E-state index in [1.165, 1.54) is 0 Å². The summed E-state index contributed by atoms with van der Waals surface area (Å²) in [6.07, 6.45) is 5.22. The van der Waals surface area contributed by atoms with E-state index in [-0.39, 0.29) is 0 Å². The van der Waals surface area contributed by atoms with Crippen LogP contribution in [0.4, 0.5) is 0 Å². The van der Waals surface area contributed by atoms with Crippen molar-refractivity contribution < 1.29 is 5.11 Å². The molecule has 2 aromatic rings. The number of hydrogen-bond acceptors (Lipinski definition) is 3.